The van der Waals surface area contributed by atoms with Crippen LogP contribution in [0.15, 0.2) is 66.7 Å². The summed E-state index contributed by atoms with van der Waals surface area (Å²) in [5.41, 5.74) is 1.65. The highest BCUT2D eigenvalue weighted by atomic mass is 35.5. The SMILES string of the molecule is COc1ccc(N(CC(=O)N(Cc2ccc(Cl)c(Cl)c2)[C@@H](Cc2ccccc2)C(=O)NC2CCCCC2)S(C)(=O)=O)c(OC)c1. The third-order valence-corrected chi connectivity index (χ3v) is 9.76. The van der Waals surface area contributed by atoms with Crippen molar-refractivity contribution in [3.05, 3.63) is 87.9 Å². The van der Waals surface area contributed by atoms with E-state index in [0.29, 0.717) is 21.4 Å². The van der Waals surface area contributed by atoms with Gasteiger partial charge in [0.1, 0.15) is 24.1 Å². The van der Waals surface area contributed by atoms with Gasteiger partial charge in [0.2, 0.25) is 21.8 Å². The first-order chi connectivity index (χ1) is 21.5. The van der Waals surface area contributed by atoms with E-state index in [9.17, 15) is 18.0 Å². The average molecular weight is 677 g/mol. The van der Waals surface area contributed by atoms with Crippen molar-refractivity contribution < 1.29 is 27.5 Å². The normalized spacial score (nSPS) is 14.3. The summed E-state index contributed by atoms with van der Waals surface area (Å²) in [5, 5.41) is 3.83. The predicted molar refractivity (Wildman–Crippen MR) is 178 cm³/mol. The highest BCUT2D eigenvalue weighted by molar-refractivity contribution is 7.92. The molecule has 0 aliphatic heterocycles. The number of ether oxygens (including phenoxy) is 2. The zero-order valence-corrected chi connectivity index (χ0v) is 28.0. The zero-order chi connectivity index (χ0) is 32.6. The van der Waals surface area contributed by atoms with Crippen molar-refractivity contribution in [2.24, 2.45) is 0 Å². The number of nitrogens with one attached hydrogen (secondary N) is 1. The number of benzene rings is 3. The maximum absolute atomic E-state index is 14.4. The molecule has 1 fully saturated rings. The van der Waals surface area contributed by atoms with E-state index in [1.807, 2.05) is 30.3 Å². The molecule has 12 heteroatoms. The van der Waals surface area contributed by atoms with Gasteiger partial charge in [-0.15, -0.1) is 0 Å². The largest absolute Gasteiger partial charge is 0.497 e. The lowest BCUT2D eigenvalue weighted by molar-refractivity contribution is -0.140. The van der Waals surface area contributed by atoms with Crippen LogP contribution in [-0.4, -0.2) is 64.2 Å². The van der Waals surface area contributed by atoms with Crippen LogP contribution in [0.2, 0.25) is 10.0 Å². The van der Waals surface area contributed by atoms with Crippen LogP contribution in [0.25, 0.3) is 0 Å². The van der Waals surface area contributed by atoms with Gasteiger partial charge < -0.3 is 19.7 Å². The van der Waals surface area contributed by atoms with Gasteiger partial charge in [-0.3, -0.25) is 13.9 Å². The lowest BCUT2D eigenvalue weighted by Gasteiger charge is -2.35. The van der Waals surface area contributed by atoms with Gasteiger partial charge in [-0.1, -0.05) is 78.9 Å². The summed E-state index contributed by atoms with van der Waals surface area (Å²) in [6.45, 7) is -0.590. The first kappa shape index (κ1) is 34.4. The van der Waals surface area contributed by atoms with Crippen LogP contribution in [0.5, 0.6) is 11.5 Å². The minimum Gasteiger partial charge on any atom is -0.497 e. The van der Waals surface area contributed by atoms with Crippen molar-refractivity contribution in [1.82, 2.24) is 10.2 Å². The number of hydrogen-bond donors (Lipinski definition) is 1. The van der Waals surface area contributed by atoms with E-state index in [2.05, 4.69) is 5.32 Å². The molecule has 242 valence electrons. The Bertz CT molecular complexity index is 1580. The molecule has 0 radical (unpaired) electrons. The number of carbonyl (C=O) groups is 2. The number of nitrogens with zero attached hydrogens (tertiary/aromatic N) is 2. The molecule has 0 heterocycles. The molecule has 1 atom stereocenters. The first-order valence-electron chi connectivity index (χ1n) is 14.8. The fourth-order valence-corrected chi connectivity index (χ4v) is 6.69. The molecule has 2 amide bonds. The van der Waals surface area contributed by atoms with E-state index < -0.39 is 28.5 Å². The third kappa shape index (κ3) is 9.28. The van der Waals surface area contributed by atoms with Crippen molar-refractivity contribution in [3.63, 3.8) is 0 Å². The monoisotopic (exact) mass is 675 g/mol. The van der Waals surface area contributed by atoms with Gasteiger partial charge in [-0.05, 0) is 48.2 Å². The van der Waals surface area contributed by atoms with E-state index in [1.165, 1.54) is 25.2 Å². The van der Waals surface area contributed by atoms with Gasteiger partial charge in [0.15, 0.2) is 0 Å². The van der Waals surface area contributed by atoms with Crippen LogP contribution in [0.3, 0.4) is 0 Å². The Morgan fingerprint density at radius 2 is 1.62 bits per heavy atom. The van der Waals surface area contributed by atoms with Gasteiger partial charge >= 0.3 is 0 Å². The summed E-state index contributed by atoms with van der Waals surface area (Å²) in [6.07, 6.45) is 6.13. The number of carbonyl (C=O) groups excluding carboxylic acids is 2. The summed E-state index contributed by atoms with van der Waals surface area (Å²) < 4.78 is 38.1. The van der Waals surface area contributed by atoms with Crippen molar-refractivity contribution in [3.8, 4) is 11.5 Å². The molecular weight excluding hydrogens is 637 g/mol. The van der Waals surface area contributed by atoms with E-state index in [1.54, 1.807) is 30.3 Å². The molecule has 1 saturated carbocycles. The van der Waals surface area contributed by atoms with Crippen LogP contribution >= 0.6 is 23.2 Å². The van der Waals surface area contributed by atoms with Crippen molar-refractivity contribution in [1.29, 1.82) is 0 Å². The van der Waals surface area contributed by atoms with Crippen LogP contribution < -0.4 is 19.1 Å². The Morgan fingerprint density at radius 3 is 2.24 bits per heavy atom. The van der Waals surface area contributed by atoms with Gasteiger partial charge in [0.25, 0.3) is 0 Å². The number of halogens is 2. The Hall–Kier alpha value is -3.47. The number of amides is 2. The lowest BCUT2D eigenvalue weighted by Crippen LogP contribution is -2.55. The Morgan fingerprint density at radius 1 is 0.911 bits per heavy atom. The lowest BCUT2D eigenvalue weighted by atomic mass is 9.94. The van der Waals surface area contributed by atoms with E-state index in [-0.39, 0.29) is 36.4 Å². The summed E-state index contributed by atoms with van der Waals surface area (Å²) in [5.74, 6) is -0.213. The standard InChI is InChI=1S/C33H39Cl2N3O6S/c1-43-26-15-17-29(31(20-26)44-2)38(45(3,41)42)22-32(39)37(21-24-14-16-27(34)28(35)18-24)30(19-23-10-6-4-7-11-23)33(40)36-25-12-8-5-9-13-25/h4,6-7,10-11,14-18,20,25,30H,5,8-9,12-13,19,21-22H2,1-3H3,(H,36,40)/t30-/m0/s1. The second-order valence-corrected chi connectivity index (χ2v) is 13.8. The van der Waals surface area contributed by atoms with E-state index >= 15 is 0 Å². The summed E-state index contributed by atoms with van der Waals surface area (Å²) >= 11 is 12.5. The summed E-state index contributed by atoms with van der Waals surface area (Å²) in [4.78, 5) is 29.9. The first-order valence-corrected chi connectivity index (χ1v) is 17.4. The minimum absolute atomic E-state index is 0.00234. The maximum Gasteiger partial charge on any atom is 0.244 e. The predicted octanol–water partition coefficient (Wildman–Crippen LogP) is 5.87. The molecule has 4 rings (SSSR count). The number of anilines is 1. The molecule has 0 bridgehead atoms. The molecular formula is C33H39Cl2N3O6S. The molecule has 9 nitrogen and oxygen atoms in total. The Kier molecular flexibility index (Phi) is 12.0. The second-order valence-electron chi connectivity index (χ2n) is 11.1. The number of hydrogen-bond acceptors (Lipinski definition) is 6. The molecule has 3 aromatic carbocycles. The molecule has 0 aromatic heterocycles. The van der Waals surface area contributed by atoms with Crippen LogP contribution in [0.4, 0.5) is 5.69 Å². The molecule has 45 heavy (non-hydrogen) atoms. The second kappa shape index (κ2) is 15.7. The van der Waals surface area contributed by atoms with Crippen molar-refractivity contribution in [2.45, 2.75) is 57.2 Å². The topological polar surface area (TPSA) is 105 Å². The average Bonchev–Trinajstić information content (AvgIpc) is 3.03. The molecule has 0 unspecified atom stereocenters. The van der Waals surface area contributed by atoms with Gasteiger partial charge in [0, 0.05) is 25.1 Å². The highest BCUT2D eigenvalue weighted by Crippen LogP contribution is 2.34. The smallest absolute Gasteiger partial charge is 0.244 e. The molecule has 3 aromatic rings. The van der Waals surface area contributed by atoms with Gasteiger partial charge in [0.05, 0.1) is 36.2 Å². The highest BCUT2D eigenvalue weighted by Gasteiger charge is 2.35. The van der Waals surface area contributed by atoms with Crippen LogP contribution in [-0.2, 0) is 32.6 Å². The minimum atomic E-state index is -3.99. The molecule has 0 saturated heterocycles. The zero-order valence-electron chi connectivity index (χ0n) is 25.7. The van der Waals surface area contributed by atoms with Gasteiger partial charge in [-0.2, -0.15) is 0 Å². The Labute approximate surface area is 275 Å². The van der Waals surface area contributed by atoms with Crippen molar-refractivity contribution >= 4 is 50.7 Å². The van der Waals surface area contributed by atoms with Crippen LogP contribution in [0, 0.1) is 0 Å². The molecule has 1 N–H and O–H groups in total. The fourth-order valence-electron chi connectivity index (χ4n) is 5.52. The van der Waals surface area contributed by atoms with E-state index in [4.69, 9.17) is 32.7 Å². The third-order valence-electron chi connectivity index (χ3n) is 7.89. The Balaban J connectivity index is 1.76. The molecule has 0 spiro atoms. The quantitative estimate of drug-likeness (QED) is 0.243. The van der Waals surface area contributed by atoms with E-state index in [0.717, 1.165) is 48.2 Å². The van der Waals surface area contributed by atoms with Crippen molar-refractivity contribution in [2.75, 3.05) is 31.3 Å². The molecule has 1 aliphatic rings. The molecule has 1 aliphatic carbocycles. The maximum atomic E-state index is 14.4. The summed E-state index contributed by atoms with van der Waals surface area (Å²) in [6, 6.07) is 18.1. The van der Waals surface area contributed by atoms with Crippen LogP contribution in [0.1, 0.15) is 43.2 Å². The fraction of sp³-hybridized carbons (Fsp3) is 0.394. The van der Waals surface area contributed by atoms with Gasteiger partial charge in [-0.25, -0.2) is 8.42 Å². The number of rotatable bonds is 13. The summed E-state index contributed by atoms with van der Waals surface area (Å²) in [7, 11) is -1.10. The number of methoxy groups -OCH3 is 2. The number of sulfonamides is 1.